The molecule has 1 N–H and O–H groups in total. The molecular formula is C14H21Br2NO. The first-order chi connectivity index (χ1) is 8.60. The smallest absolute Gasteiger partial charge is 0.0465 e. The lowest BCUT2D eigenvalue weighted by atomic mass is 9.92. The second-order valence-electron chi connectivity index (χ2n) is 4.46. The maximum absolute atomic E-state index is 5.18. The predicted octanol–water partition coefficient (Wildman–Crippen LogP) is 4.53. The fraction of sp³-hybridized carbons (Fsp3) is 0.571. The van der Waals surface area contributed by atoms with Crippen LogP contribution >= 0.6 is 31.9 Å². The standard InChI is InChI=1S/C14H21Br2NO/c1-4-17-14(10(2)7-8-18-3)12-6-5-11(15)9-13(12)16/h5-6,9-10,14,17H,4,7-8H2,1-3H3. The highest BCUT2D eigenvalue weighted by Crippen LogP contribution is 2.32. The average Bonchev–Trinajstić information content (AvgIpc) is 2.34. The van der Waals surface area contributed by atoms with E-state index in [9.17, 15) is 0 Å². The highest BCUT2D eigenvalue weighted by molar-refractivity contribution is 9.11. The van der Waals surface area contributed by atoms with Crippen LogP contribution in [0.3, 0.4) is 0 Å². The van der Waals surface area contributed by atoms with Gasteiger partial charge in [-0.3, -0.25) is 0 Å². The number of methoxy groups -OCH3 is 1. The summed E-state index contributed by atoms with van der Waals surface area (Å²) < 4.78 is 7.42. The Bertz CT molecular complexity index is 371. The van der Waals surface area contributed by atoms with Crippen molar-refractivity contribution in [1.82, 2.24) is 5.32 Å². The van der Waals surface area contributed by atoms with Gasteiger partial charge in [0.05, 0.1) is 0 Å². The third-order valence-corrected chi connectivity index (χ3v) is 4.25. The molecule has 2 atom stereocenters. The van der Waals surface area contributed by atoms with Crippen molar-refractivity contribution in [3.05, 3.63) is 32.7 Å². The number of nitrogens with one attached hydrogen (secondary N) is 1. The van der Waals surface area contributed by atoms with Crippen LogP contribution in [0.25, 0.3) is 0 Å². The minimum Gasteiger partial charge on any atom is -0.385 e. The molecule has 0 saturated heterocycles. The summed E-state index contributed by atoms with van der Waals surface area (Å²) in [5, 5.41) is 3.57. The van der Waals surface area contributed by atoms with E-state index in [2.05, 4.69) is 69.2 Å². The van der Waals surface area contributed by atoms with Gasteiger partial charge in [0.2, 0.25) is 0 Å². The second-order valence-corrected chi connectivity index (χ2v) is 6.23. The molecule has 1 aromatic carbocycles. The minimum atomic E-state index is 0.354. The van der Waals surface area contributed by atoms with Crippen LogP contribution in [0.15, 0.2) is 27.1 Å². The van der Waals surface area contributed by atoms with Gasteiger partial charge >= 0.3 is 0 Å². The topological polar surface area (TPSA) is 21.3 Å². The third-order valence-electron chi connectivity index (χ3n) is 3.07. The van der Waals surface area contributed by atoms with Crippen LogP contribution in [0.2, 0.25) is 0 Å². The average molecular weight is 379 g/mol. The van der Waals surface area contributed by atoms with Gasteiger partial charge in [0.25, 0.3) is 0 Å². The zero-order valence-electron chi connectivity index (χ0n) is 11.2. The van der Waals surface area contributed by atoms with Gasteiger partial charge in [0.1, 0.15) is 0 Å². The lowest BCUT2D eigenvalue weighted by Gasteiger charge is -2.26. The Kier molecular flexibility index (Phi) is 7.46. The van der Waals surface area contributed by atoms with E-state index in [0.717, 1.165) is 28.5 Å². The molecule has 2 unspecified atom stereocenters. The van der Waals surface area contributed by atoms with Crippen molar-refractivity contribution in [2.24, 2.45) is 5.92 Å². The van der Waals surface area contributed by atoms with Gasteiger partial charge in [-0.15, -0.1) is 0 Å². The molecule has 1 aromatic rings. The largest absolute Gasteiger partial charge is 0.385 e. The molecule has 0 heterocycles. The van der Waals surface area contributed by atoms with Gasteiger partial charge in [0.15, 0.2) is 0 Å². The molecular weight excluding hydrogens is 358 g/mol. The molecule has 0 saturated carbocycles. The molecule has 18 heavy (non-hydrogen) atoms. The lowest BCUT2D eigenvalue weighted by molar-refractivity contribution is 0.170. The molecule has 1 rings (SSSR count). The highest BCUT2D eigenvalue weighted by Gasteiger charge is 2.20. The quantitative estimate of drug-likeness (QED) is 0.752. The van der Waals surface area contributed by atoms with E-state index in [4.69, 9.17) is 4.74 Å². The Balaban J connectivity index is 2.88. The predicted molar refractivity (Wildman–Crippen MR) is 83.9 cm³/mol. The summed E-state index contributed by atoms with van der Waals surface area (Å²) in [5.41, 5.74) is 1.31. The molecule has 2 nitrogen and oxygen atoms in total. The molecule has 0 aliphatic rings. The van der Waals surface area contributed by atoms with E-state index in [-0.39, 0.29) is 0 Å². The van der Waals surface area contributed by atoms with E-state index in [1.807, 2.05) is 0 Å². The monoisotopic (exact) mass is 377 g/mol. The van der Waals surface area contributed by atoms with Crippen molar-refractivity contribution < 1.29 is 4.74 Å². The van der Waals surface area contributed by atoms with E-state index in [1.54, 1.807) is 7.11 Å². The molecule has 0 bridgehead atoms. The molecule has 0 fully saturated rings. The number of ether oxygens (including phenoxy) is 1. The fourth-order valence-corrected chi connectivity index (χ4v) is 3.36. The van der Waals surface area contributed by atoms with E-state index < -0.39 is 0 Å². The molecule has 0 radical (unpaired) electrons. The van der Waals surface area contributed by atoms with Gasteiger partial charge in [0, 0.05) is 28.7 Å². The van der Waals surface area contributed by atoms with Crippen LogP contribution in [-0.4, -0.2) is 20.3 Å². The second kappa shape index (κ2) is 8.31. The first kappa shape index (κ1) is 16.2. The Labute approximate surface area is 127 Å². The SMILES string of the molecule is CCNC(c1ccc(Br)cc1Br)C(C)CCOC. The molecule has 4 heteroatoms. The molecule has 102 valence electrons. The Morgan fingerprint density at radius 3 is 2.61 bits per heavy atom. The zero-order valence-corrected chi connectivity index (χ0v) is 14.3. The number of halogens is 2. The van der Waals surface area contributed by atoms with Crippen LogP contribution in [0, 0.1) is 5.92 Å². The van der Waals surface area contributed by atoms with Crippen LogP contribution in [-0.2, 0) is 4.74 Å². The van der Waals surface area contributed by atoms with Crippen molar-refractivity contribution in [1.29, 1.82) is 0 Å². The van der Waals surface area contributed by atoms with Crippen molar-refractivity contribution in [3.63, 3.8) is 0 Å². The number of benzene rings is 1. The fourth-order valence-electron chi connectivity index (χ4n) is 2.06. The molecule has 0 spiro atoms. The molecule has 0 aliphatic carbocycles. The van der Waals surface area contributed by atoms with Crippen LogP contribution < -0.4 is 5.32 Å². The van der Waals surface area contributed by atoms with Gasteiger partial charge in [-0.1, -0.05) is 51.8 Å². The van der Waals surface area contributed by atoms with Crippen molar-refractivity contribution in [2.45, 2.75) is 26.3 Å². The number of hydrogen-bond donors (Lipinski definition) is 1. The van der Waals surface area contributed by atoms with Crippen molar-refractivity contribution in [3.8, 4) is 0 Å². The van der Waals surface area contributed by atoms with Crippen molar-refractivity contribution >= 4 is 31.9 Å². The summed E-state index contributed by atoms with van der Waals surface area (Å²) in [4.78, 5) is 0. The maximum Gasteiger partial charge on any atom is 0.0465 e. The molecule has 0 aromatic heterocycles. The summed E-state index contributed by atoms with van der Waals surface area (Å²) in [6.45, 7) is 6.17. The van der Waals surface area contributed by atoms with E-state index >= 15 is 0 Å². The van der Waals surface area contributed by atoms with E-state index in [1.165, 1.54) is 5.56 Å². The Morgan fingerprint density at radius 1 is 1.33 bits per heavy atom. The van der Waals surface area contributed by atoms with Gasteiger partial charge in [-0.05, 0) is 36.6 Å². The van der Waals surface area contributed by atoms with Crippen LogP contribution in [0.1, 0.15) is 31.9 Å². The lowest BCUT2D eigenvalue weighted by Crippen LogP contribution is -2.27. The summed E-state index contributed by atoms with van der Waals surface area (Å²) in [5.74, 6) is 0.530. The Morgan fingerprint density at radius 2 is 2.06 bits per heavy atom. The minimum absolute atomic E-state index is 0.354. The molecule has 0 aliphatic heterocycles. The summed E-state index contributed by atoms with van der Waals surface area (Å²) in [6, 6.07) is 6.72. The Hall–Kier alpha value is 0.1000. The first-order valence-electron chi connectivity index (χ1n) is 6.27. The summed E-state index contributed by atoms with van der Waals surface area (Å²) in [7, 11) is 1.75. The third kappa shape index (κ3) is 4.65. The van der Waals surface area contributed by atoms with Gasteiger partial charge < -0.3 is 10.1 Å². The zero-order chi connectivity index (χ0) is 13.5. The maximum atomic E-state index is 5.18. The van der Waals surface area contributed by atoms with Crippen LogP contribution in [0.5, 0.6) is 0 Å². The summed E-state index contributed by atoms with van der Waals surface area (Å²) >= 11 is 7.15. The van der Waals surface area contributed by atoms with Gasteiger partial charge in [-0.25, -0.2) is 0 Å². The normalized spacial score (nSPS) is 14.5. The van der Waals surface area contributed by atoms with E-state index in [0.29, 0.717) is 12.0 Å². The first-order valence-corrected chi connectivity index (χ1v) is 7.86. The number of rotatable bonds is 7. The van der Waals surface area contributed by atoms with Crippen molar-refractivity contribution in [2.75, 3.05) is 20.3 Å². The van der Waals surface area contributed by atoms with Gasteiger partial charge in [-0.2, -0.15) is 0 Å². The van der Waals surface area contributed by atoms with Crippen LogP contribution in [0.4, 0.5) is 0 Å². The molecule has 0 amide bonds. The highest BCUT2D eigenvalue weighted by atomic mass is 79.9. The number of hydrogen-bond acceptors (Lipinski definition) is 2. The summed E-state index contributed by atoms with van der Waals surface area (Å²) in [6.07, 6.45) is 1.05.